The third kappa shape index (κ3) is 1.06. The van der Waals surface area contributed by atoms with Gasteiger partial charge in [0.25, 0.3) is 0 Å². The quantitative estimate of drug-likeness (QED) is 0.610. The second kappa shape index (κ2) is 2.41. The molecule has 0 saturated carbocycles. The smallest absolute Gasteiger partial charge is 0.158 e. The third-order valence-electron chi connectivity index (χ3n) is 3.12. The zero-order valence-corrected chi connectivity index (χ0v) is 8.59. The van der Waals surface area contributed by atoms with Gasteiger partial charge in [-0.1, -0.05) is 20.8 Å². The van der Waals surface area contributed by atoms with Crippen LogP contribution >= 0.6 is 0 Å². The molecule has 0 bridgehead atoms. The van der Waals surface area contributed by atoms with Crippen molar-refractivity contribution in [1.82, 2.24) is 0 Å². The van der Waals surface area contributed by atoms with Crippen LogP contribution in [0, 0.1) is 5.41 Å². The highest BCUT2D eigenvalue weighted by Gasteiger charge is 2.47. The van der Waals surface area contributed by atoms with Gasteiger partial charge in [-0.3, -0.25) is 0 Å². The Kier molecular flexibility index (Phi) is 1.65. The number of azo groups is 1. The zero-order valence-electron chi connectivity index (χ0n) is 8.59. The lowest BCUT2D eigenvalue weighted by Crippen LogP contribution is -2.49. The van der Waals surface area contributed by atoms with Crippen molar-refractivity contribution in [2.45, 2.75) is 45.7 Å². The van der Waals surface area contributed by atoms with Gasteiger partial charge >= 0.3 is 0 Å². The lowest BCUT2D eigenvalue weighted by atomic mass is 9.76. The normalized spacial score (nSPS) is 32.9. The summed E-state index contributed by atoms with van der Waals surface area (Å²) in [4.78, 5) is 0. The minimum atomic E-state index is -0.529. The van der Waals surface area contributed by atoms with Crippen LogP contribution in [-0.4, -0.2) is 5.66 Å². The Morgan fingerprint density at radius 3 is 2.62 bits per heavy atom. The first-order valence-corrected chi connectivity index (χ1v) is 4.89. The van der Waals surface area contributed by atoms with Gasteiger partial charge in [0.1, 0.15) is 0 Å². The van der Waals surface area contributed by atoms with Crippen LogP contribution in [0.3, 0.4) is 0 Å². The maximum absolute atomic E-state index is 6.30. The first kappa shape index (κ1) is 8.88. The lowest BCUT2D eigenvalue weighted by molar-refractivity contribution is 0.231. The zero-order chi connectivity index (χ0) is 9.69. The lowest BCUT2D eigenvalue weighted by Gasteiger charge is -2.36. The fraction of sp³-hybridized carbons (Fsp3) is 0.800. The average Bonchev–Trinajstić information content (AvgIpc) is 2.52. The summed E-state index contributed by atoms with van der Waals surface area (Å²) in [7, 11) is 0. The number of nitrogens with zero attached hydrogens (tertiary/aromatic N) is 2. The van der Waals surface area contributed by atoms with E-state index in [1.807, 2.05) is 0 Å². The third-order valence-corrected chi connectivity index (χ3v) is 3.12. The number of nitrogens with two attached hydrogens (primary N) is 1. The van der Waals surface area contributed by atoms with Crippen molar-refractivity contribution in [1.29, 1.82) is 0 Å². The largest absolute Gasteiger partial charge is 0.302 e. The van der Waals surface area contributed by atoms with Gasteiger partial charge in [0.15, 0.2) is 5.66 Å². The molecule has 0 saturated heterocycles. The van der Waals surface area contributed by atoms with E-state index >= 15 is 0 Å². The second-order valence-corrected chi connectivity index (χ2v) is 5.00. The van der Waals surface area contributed by atoms with Crippen molar-refractivity contribution < 1.29 is 0 Å². The minimum Gasteiger partial charge on any atom is -0.302 e. The van der Waals surface area contributed by atoms with E-state index < -0.39 is 5.66 Å². The van der Waals surface area contributed by atoms with E-state index in [1.54, 1.807) is 0 Å². The van der Waals surface area contributed by atoms with E-state index in [0.29, 0.717) is 0 Å². The minimum absolute atomic E-state index is 0.0298. The van der Waals surface area contributed by atoms with Crippen LogP contribution in [0.15, 0.2) is 21.5 Å². The average molecular weight is 179 g/mol. The molecule has 3 heteroatoms. The second-order valence-electron chi connectivity index (χ2n) is 5.00. The maximum atomic E-state index is 6.30. The Balaban J connectivity index is 2.42. The summed E-state index contributed by atoms with van der Waals surface area (Å²) in [6, 6.07) is 0. The van der Waals surface area contributed by atoms with E-state index in [-0.39, 0.29) is 5.41 Å². The van der Waals surface area contributed by atoms with Gasteiger partial charge in [-0.25, -0.2) is 0 Å². The van der Waals surface area contributed by atoms with Crippen LogP contribution in [0.1, 0.15) is 40.0 Å². The van der Waals surface area contributed by atoms with Crippen molar-refractivity contribution in [2.24, 2.45) is 21.4 Å². The molecule has 0 spiro atoms. The Labute approximate surface area is 79.1 Å². The van der Waals surface area contributed by atoms with E-state index in [2.05, 4.69) is 31.0 Å². The molecule has 2 N–H and O–H groups in total. The molecule has 72 valence electrons. The number of rotatable bonds is 0. The molecule has 0 aromatic heterocycles. The van der Waals surface area contributed by atoms with Gasteiger partial charge < -0.3 is 5.73 Å². The van der Waals surface area contributed by atoms with E-state index in [9.17, 15) is 0 Å². The van der Waals surface area contributed by atoms with Crippen LogP contribution < -0.4 is 5.73 Å². The molecule has 13 heavy (non-hydrogen) atoms. The summed E-state index contributed by atoms with van der Waals surface area (Å²) in [6.07, 6.45) is 3.34. The summed E-state index contributed by atoms with van der Waals surface area (Å²) in [5.41, 5.74) is 8.17. The van der Waals surface area contributed by atoms with Gasteiger partial charge in [-0.2, -0.15) is 10.2 Å². The molecule has 2 rings (SSSR count). The van der Waals surface area contributed by atoms with Crippen LogP contribution in [0.2, 0.25) is 0 Å². The summed E-state index contributed by atoms with van der Waals surface area (Å²) < 4.78 is 0. The number of hydrogen-bond donors (Lipinski definition) is 1. The molecular formula is C10H17N3. The molecule has 1 unspecified atom stereocenters. The van der Waals surface area contributed by atoms with Crippen molar-refractivity contribution in [3.05, 3.63) is 11.3 Å². The van der Waals surface area contributed by atoms with Crippen molar-refractivity contribution >= 4 is 0 Å². The summed E-state index contributed by atoms with van der Waals surface area (Å²) in [5, 5.41) is 8.45. The van der Waals surface area contributed by atoms with Crippen molar-refractivity contribution in [2.75, 3.05) is 0 Å². The van der Waals surface area contributed by atoms with Gasteiger partial charge in [0, 0.05) is 5.41 Å². The molecule has 3 nitrogen and oxygen atoms in total. The molecule has 1 aliphatic carbocycles. The Morgan fingerprint density at radius 2 is 2.00 bits per heavy atom. The molecule has 1 atom stereocenters. The maximum Gasteiger partial charge on any atom is 0.158 e. The van der Waals surface area contributed by atoms with E-state index in [0.717, 1.165) is 18.5 Å². The molecule has 1 heterocycles. The summed E-state index contributed by atoms with van der Waals surface area (Å²) in [5.74, 6) is 0. The number of hydrogen-bond acceptors (Lipinski definition) is 3. The molecule has 1 aliphatic heterocycles. The topological polar surface area (TPSA) is 50.7 Å². The molecule has 2 aliphatic rings. The monoisotopic (exact) mass is 179 g/mol. The molecule has 0 radical (unpaired) electrons. The van der Waals surface area contributed by atoms with Gasteiger partial charge in [0.2, 0.25) is 0 Å². The number of allylic oxidation sites excluding steroid dienone is 1. The Morgan fingerprint density at radius 1 is 1.31 bits per heavy atom. The molecule has 0 amide bonds. The predicted octanol–water partition coefficient (Wildman–Crippen LogP) is 2.59. The highest BCUT2D eigenvalue weighted by molar-refractivity contribution is 5.34. The molecule has 0 aromatic carbocycles. The van der Waals surface area contributed by atoms with Crippen LogP contribution in [-0.2, 0) is 0 Å². The fourth-order valence-electron chi connectivity index (χ4n) is 2.05. The Hall–Kier alpha value is -0.700. The molecule has 0 fully saturated rings. The highest BCUT2D eigenvalue weighted by atomic mass is 15.3. The van der Waals surface area contributed by atoms with Crippen LogP contribution in [0.25, 0.3) is 0 Å². The SMILES string of the molecule is CC(C)(C)C1(N)N=NC2=C1CCC2. The van der Waals surface area contributed by atoms with Crippen LogP contribution in [0.4, 0.5) is 0 Å². The fourth-order valence-corrected chi connectivity index (χ4v) is 2.05. The first-order valence-electron chi connectivity index (χ1n) is 4.89. The Bertz CT molecular complexity index is 296. The van der Waals surface area contributed by atoms with Crippen LogP contribution in [0.5, 0.6) is 0 Å². The standard InChI is InChI=1S/C10H17N3/c1-9(2,3)10(11)7-5-4-6-8(7)12-13-10/h4-6,11H2,1-3H3. The van der Waals surface area contributed by atoms with Crippen molar-refractivity contribution in [3.8, 4) is 0 Å². The molecule has 0 aromatic rings. The van der Waals surface area contributed by atoms with Gasteiger partial charge in [0.05, 0.1) is 5.70 Å². The van der Waals surface area contributed by atoms with E-state index in [4.69, 9.17) is 5.73 Å². The predicted molar refractivity (Wildman–Crippen MR) is 52.1 cm³/mol. The van der Waals surface area contributed by atoms with Gasteiger partial charge in [-0.05, 0) is 24.8 Å². The van der Waals surface area contributed by atoms with Gasteiger partial charge in [-0.15, -0.1) is 0 Å². The highest BCUT2D eigenvalue weighted by Crippen LogP contribution is 2.47. The first-order chi connectivity index (χ1) is 5.95. The van der Waals surface area contributed by atoms with Crippen molar-refractivity contribution in [3.63, 3.8) is 0 Å². The van der Waals surface area contributed by atoms with E-state index in [1.165, 1.54) is 12.0 Å². The summed E-state index contributed by atoms with van der Waals surface area (Å²) in [6.45, 7) is 6.38. The summed E-state index contributed by atoms with van der Waals surface area (Å²) >= 11 is 0. The molecular weight excluding hydrogens is 162 g/mol.